The van der Waals surface area contributed by atoms with Crippen LogP contribution in [0.25, 0.3) is 11.3 Å². The zero-order valence-electron chi connectivity index (χ0n) is 13.2. The van der Waals surface area contributed by atoms with Crippen molar-refractivity contribution in [2.75, 3.05) is 13.7 Å². The molecule has 1 N–H and O–H groups in total. The number of hydrogen-bond acceptors (Lipinski definition) is 5. The molecule has 1 aromatic carbocycles. The van der Waals surface area contributed by atoms with Crippen LogP contribution in [0.4, 0.5) is 0 Å². The molecule has 24 heavy (non-hydrogen) atoms. The van der Waals surface area contributed by atoms with Gasteiger partial charge in [-0.2, -0.15) is 0 Å². The molecule has 0 saturated heterocycles. The van der Waals surface area contributed by atoms with Gasteiger partial charge in [-0.3, -0.25) is 9.78 Å². The molecule has 2 aromatic heterocycles. The highest BCUT2D eigenvalue weighted by atomic mass is 32.1. The van der Waals surface area contributed by atoms with Crippen LogP contribution in [0.5, 0.6) is 5.75 Å². The Labute approximate surface area is 144 Å². The summed E-state index contributed by atoms with van der Waals surface area (Å²) in [5.74, 6) is 0.430. The van der Waals surface area contributed by atoms with E-state index in [-0.39, 0.29) is 5.91 Å². The minimum Gasteiger partial charge on any atom is -0.496 e. The molecule has 1 amide bonds. The average Bonchev–Trinajstić information content (AvgIpc) is 3.11. The van der Waals surface area contributed by atoms with E-state index in [2.05, 4.69) is 15.3 Å². The van der Waals surface area contributed by atoms with Crippen molar-refractivity contribution in [3.63, 3.8) is 0 Å². The second-order valence-electron chi connectivity index (χ2n) is 5.07. The summed E-state index contributed by atoms with van der Waals surface area (Å²) in [6.07, 6.45) is 4.22. The van der Waals surface area contributed by atoms with Crippen LogP contribution in [0.2, 0.25) is 0 Å². The molecule has 122 valence electrons. The lowest BCUT2D eigenvalue weighted by atomic mass is 10.2. The van der Waals surface area contributed by atoms with Gasteiger partial charge in [-0.05, 0) is 24.3 Å². The van der Waals surface area contributed by atoms with Gasteiger partial charge in [-0.15, -0.1) is 11.3 Å². The molecule has 3 aromatic rings. The molecule has 0 fully saturated rings. The first kappa shape index (κ1) is 16.1. The molecule has 0 aliphatic rings. The zero-order valence-corrected chi connectivity index (χ0v) is 14.0. The fourth-order valence-electron chi connectivity index (χ4n) is 2.28. The van der Waals surface area contributed by atoms with E-state index in [1.807, 2.05) is 29.6 Å². The number of nitrogens with one attached hydrogen (secondary N) is 1. The molecule has 6 heteroatoms. The Morgan fingerprint density at radius 2 is 2.12 bits per heavy atom. The normalized spacial score (nSPS) is 10.4. The largest absolute Gasteiger partial charge is 0.496 e. The van der Waals surface area contributed by atoms with E-state index in [0.29, 0.717) is 24.3 Å². The maximum atomic E-state index is 12.2. The molecule has 0 radical (unpaired) electrons. The smallest absolute Gasteiger partial charge is 0.255 e. The first-order valence-corrected chi connectivity index (χ1v) is 8.42. The Morgan fingerprint density at radius 1 is 1.25 bits per heavy atom. The Kier molecular flexibility index (Phi) is 5.18. The lowest BCUT2D eigenvalue weighted by Crippen LogP contribution is -2.26. The number of hydrogen-bond donors (Lipinski definition) is 1. The van der Waals surface area contributed by atoms with Gasteiger partial charge < -0.3 is 10.1 Å². The minimum absolute atomic E-state index is 0.142. The summed E-state index contributed by atoms with van der Waals surface area (Å²) < 4.78 is 5.21. The first-order valence-electron chi connectivity index (χ1n) is 7.54. The molecule has 2 heterocycles. The minimum atomic E-state index is -0.142. The van der Waals surface area contributed by atoms with Crippen LogP contribution in [0.3, 0.4) is 0 Å². The number of carbonyl (C=O) groups excluding carboxylic acids is 1. The van der Waals surface area contributed by atoms with Crippen molar-refractivity contribution < 1.29 is 9.53 Å². The van der Waals surface area contributed by atoms with E-state index in [4.69, 9.17) is 4.74 Å². The van der Waals surface area contributed by atoms with E-state index < -0.39 is 0 Å². The van der Waals surface area contributed by atoms with Crippen LogP contribution >= 0.6 is 11.3 Å². The number of methoxy groups -OCH3 is 1. The summed E-state index contributed by atoms with van der Waals surface area (Å²) in [6.45, 7) is 0.525. The Morgan fingerprint density at radius 3 is 2.92 bits per heavy atom. The van der Waals surface area contributed by atoms with Gasteiger partial charge in [0.25, 0.3) is 5.91 Å². The van der Waals surface area contributed by atoms with Gasteiger partial charge in [0.1, 0.15) is 5.75 Å². The third-order valence-electron chi connectivity index (χ3n) is 3.49. The van der Waals surface area contributed by atoms with Crippen LogP contribution < -0.4 is 10.1 Å². The summed E-state index contributed by atoms with van der Waals surface area (Å²) in [5, 5.41) is 5.90. The molecule has 0 spiro atoms. The number of amides is 1. The van der Waals surface area contributed by atoms with Crippen LogP contribution in [0, 0.1) is 0 Å². The Hall–Kier alpha value is -2.73. The van der Waals surface area contributed by atoms with Gasteiger partial charge in [0.05, 0.1) is 23.4 Å². The predicted octanol–water partition coefficient (Wildman–Crippen LogP) is 3.19. The second-order valence-corrected chi connectivity index (χ2v) is 6.02. The van der Waals surface area contributed by atoms with Gasteiger partial charge >= 0.3 is 0 Å². The number of para-hydroxylation sites is 1. The van der Waals surface area contributed by atoms with Crippen LogP contribution in [0.15, 0.2) is 54.2 Å². The predicted molar refractivity (Wildman–Crippen MR) is 94.4 cm³/mol. The van der Waals surface area contributed by atoms with E-state index in [1.165, 1.54) is 0 Å². The third kappa shape index (κ3) is 3.78. The molecule has 0 unspecified atom stereocenters. The maximum Gasteiger partial charge on any atom is 0.255 e. The van der Waals surface area contributed by atoms with E-state index in [9.17, 15) is 4.79 Å². The SMILES string of the molecule is COc1ccccc1C(=O)NCCc1nc(-c2cccnc2)cs1. The van der Waals surface area contributed by atoms with Crippen LogP contribution in [0.1, 0.15) is 15.4 Å². The summed E-state index contributed by atoms with van der Waals surface area (Å²) >= 11 is 1.58. The molecule has 3 rings (SSSR count). The number of pyridine rings is 1. The maximum absolute atomic E-state index is 12.2. The number of rotatable bonds is 6. The van der Waals surface area contributed by atoms with E-state index >= 15 is 0 Å². The van der Waals surface area contributed by atoms with Crippen molar-refractivity contribution >= 4 is 17.2 Å². The summed E-state index contributed by atoms with van der Waals surface area (Å²) in [4.78, 5) is 20.9. The molecule has 0 saturated carbocycles. The highest BCUT2D eigenvalue weighted by Crippen LogP contribution is 2.21. The molecule has 0 aliphatic carbocycles. The Bertz CT molecular complexity index is 818. The standard InChI is InChI=1S/C18H17N3O2S/c1-23-16-7-3-2-6-14(16)18(22)20-10-8-17-21-15(12-24-17)13-5-4-9-19-11-13/h2-7,9,11-12H,8,10H2,1H3,(H,20,22). The zero-order chi connectivity index (χ0) is 16.8. The number of benzene rings is 1. The highest BCUT2D eigenvalue weighted by molar-refractivity contribution is 7.09. The monoisotopic (exact) mass is 339 g/mol. The van der Waals surface area contributed by atoms with E-state index in [0.717, 1.165) is 16.3 Å². The quantitative estimate of drug-likeness (QED) is 0.749. The van der Waals surface area contributed by atoms with Gasteiger partial charge in [-0.1, -0.05) is 12.1 Å². The third-order valence-corrected chi connectivity index (χ3v) is 4.39. The van der Waals surface area contributed by atoms with Crippen LogP contribution in [-0.2, 0) is 6.42 Å². The molecule has 5 nitrogen and oxygen atoms in total. The lowest BCUT2D eigenvalue weighted by Gasteiger charge is -2.08. The number of thiazole rings is 1. The van der Waals surface area contributed by atoms with Crippen molar-refractivity contribution in [1.82, 2.24) is 15.3 Å². The molecular weight excluding hydrogens is 322 g/mol. The van der Waals surface area contributed by atoms with E-state index in [1.54, 1.807) is 43.0 Å². The number of aromatic nitrogens is 2. The van der Waals surface area contributed by atoms with Gasteiger partial charge in [-0.25, -0.2) is 4.98 Å². The Balaban J connectivity index is 1.57. The first-order chi connectivity index (χ1) is 11.8. The fourth-order valence-corrected chi connectivity index (χ4v) is 3.09. The molecular formula is C18H17N3O2S. The van der Waals surface area contributed by atoms with Gasteiger partial charge in [0.2, 0.25) is 0 Å². The second kappa shape index (κ2) is 7.70. The highest BCUT2D eigenvalue weighted by Gasteiger charge is 2.11. The van der Waals surface area contributed by atoms with Gasteiger partial charge in [0.15, 0.2) is 0 Å². The van der Waals surface area contributed by atoms with Crippen molar-refractivity contribution in [2.24, 2.45) is 0 Å². The lowest BCUT2D eigenvalue weighted by molar-refractivity contribution is 0.0951. The number of carbonyl (C=O) groups is 1. The summed E-state index contributed by atoms with van der Waals surface area (Å²) in [5.41, 5.74) is 2.45. The fraction of sp³-hybridized carbons (Fsp3) is 0.167. The van der Waals surface area contributed by atoms with Crippen molar-refractivity contribution in [1.29, 1.82) is 0 Å². The van der Waals surface area contributed by atoms with Crippen molar-refractivity contribution in [2.45, 2.75) is 6.42 Å². The van der Waals surface area contributed by atoms with Gasteiger partial charge in [0, 0.05) is 36.3 Å². The molecule has 0 bridgehead atoms. The summed E-state index contributed by atoms with van der Waals surface area (Å²) in [6, 6.07) is 11.1. The number of ether oxygens (including phenoxy) is 1. The summed E-state index contributed by atoms with van der Waals surface area (Å²) in [7, 11) is 1.56. The molecule has 0 atom stereocenters. The topological polar surface area (TPSA) is 64.1 Å². The molecule has 0 aliphatic heterocycles. The number of nitrogens with zero attached hydrogens (tertiary/aromatic N) is 2. The van der Waals surface area contributed by atoms with Crippen molar-refractivity contribution in [3.8, 4) is 17.0 Å². The average molecular weight is 339 g/mol. The van der Waals surface area contributed by atoms with Crippen LogP contribution in [-0.4, -0.2) is 29.5 Å². The van der Waals surface area contributed by atoms with Crippen molar-refractivity contribution in [3.05, 3.63) is 64.7 Å².